The van der Waals surface area contributed by atoms with Gasteiger partial charge in [0.15, 0.2) is 0 Å². The van der Waals surface area contributed by atoms with Gasteiger partial charge in [-0.25, -0.2) is 18.2 Å². The van der Waals surface area contributed by atoms with Gasteiger partial charge in [0, 0.05) is 16.5 Å². The average Bonchev–Trinajstić information content (AvgIpc) is 2.96. The lowest BCUT2D eigenvalue weighted by molar-refractivity contribution is -0.145. The maximum absolute atomic E-state index is 12.4. The number of rotatable bonds is 4. The Hall–Kier alpha value is -2.97. The molecule has 0 unspecified atom stereocenters. The highest BCUT2D eigenvalue weighted by Crippen LogP contribution is 2.24. The van der Waals surface area contributed by atoms with E-state index >= 15 is 0 Å². The van der Waals surface area contributed by atoms with E-state index in [1.165, 1.54) is 13.0 Å². The van der Waals surface area contributed by atoms with E-state index in [4.69, 9.17) is 16.3 Å². The van der Waals surface area contributed by atoms with Gasteiger partial charge in [0.05, 0.1) is 10.4 Å². The number of ether oxygens (including phenoxy) is 1. The molecule has 2 aromatic carbocycles. The number of esters is 1. The summed E-state index contributed by atoms with van der Waals surface area (Å²) in [7, 11) is -3.67. The number of hydrogen-bond acceptors (Lipinski definition) is 6. The first kappa shape index (κ1) is 20.3. The third-order valence-electron chi connectivity index (χ3n) is 4.70. The summed E-state index contributed by atoms with van der Waals surface area (Å²) in [6, 6.07) is 13.2. The lowest BCUT2D eigenvalue weighted by atomic mass is 10.1. The molecule has 30 heavy (non-hydrogen) atoms. The Labute approximate surface area is 178 Å². The summed E-state index contributed by atoms with van der Waals surface area (Å²) < 4.78 is 32.0. The molecule has 0 saturated carbocycles. The Kier molecular flexibility index (Phi) is 5.21. The smallest absolute Gasteiger partial charge is 0.330 e. The maximum atomic E-state index is 12.4. The first-order valence-electron chi connectivity index (χ1n) is 9.17. The Morgan fingerprint density at radius 3 is 2.80 bits per heavy atom. The van der Waals surface area contributed by atoms with Crippen molar-refractivity contribution in [2.75, 3.05) is 0 Å². The highest BCUT2D eigenvalue weighted by atomic mass is 35.5. The van der Waals surface area contributed by atoms with Crippen molar-refractivity contribution in [3.05, 3.63) is 70.4 Å². The molecule has 0 radical (unpaired) electrons. The van der Waals surface area contributed by atoms with Gasteiger partial charge in [-0.1, -0.05) is 35.9 Å². The highest BCUT2D eigenvalue weighted by Gasteiger charge is 2.31. The number of carbonyl (C=O) groups is 1. The second-order valence-electron chi connectivity index (χ2n) is 7.00. The van der Waals surface area contributed by atoms with Gasteiger partial charge in [-0.2, -0.15) is 0 Å². The van der Waals surface area contributed by atoms with Gasteiger partial charge in [0.25, 0.3) is 10.0 Å². The Morgan fingerprint density at radius 1 is 1.23 bits per heavy atom. The van der Waals surface area contributed by atoms with Crippen LogP contribution in [0, 0.1) is 6.92 Å². The second kappa shape index (κ2) is 7.70. The number of carbonyl (C=O) groups excluding carboxylic acids is 1. The molecule has 0 bridgehead atoms. The number of halogens is 1. The number of pyridine rings is 1. The van der Waals surface area contributed by atoms with Crippen molar-refractivity contribution in [1.82, 2.24) is 9.71 Å². The Balaban J connectivity index is 1.50. The second-order valence-corrected chi connectivity index (χ2v) is 9.01. The first-order valence-corrected chi connectivity index (χ1v) is 11.0. The molecule has 0 aliphatic carbocycles. The van der Waals surface area contributed by atoms with E-state index in [-0.39, 0.29) is 22.5 Å². The minimum Gasteiger partial charge on any atom is -0.459 e. The normalized spacial score (nSPS) is 16.8. The fourth-order valence-corrected chi connectivity index (χ4v) is 4.58. The summed E-state index contributed by atoms with van der Waals surface area (Å²) in [6.07, 6.45) is 0. The van der Waals surface area contributed by atoms with Crippen LogP contribution in [0.2, 0.25) is 5.15 Å². The molecule has 1 aliphatic heterocycles. The van der Waals surface area contributed by atoms with Gasteiger partial charge >= 0.3 is 5.97 Å². The van der Waals surface area contributed by atoms with Crippen molar-refractivity contribution in [3.8, 4) is 0 Å². The summed E-state index contributed by atoms with van der Waals surface area (Å²) >= 11 is 6.24. The third-order valence-corrected chi connectivity index (χ3v) is 6.42. The Morgan fingerprint density at radius 2 is 2.00 bits per heavy atom. The van der Waals surface area contributed by atoms with Crippen LogP contribution in [0.1, 0.15) is 23.6 Å². The zero-order chi connectivity index (χ0) is 21.5. The molecular weight excluding hydrogens is 426 g/mol. The number of aliphatic imine (C=N–C) groups is 1. The average molecular weight is 444 g/mol. The van der Waals surface area contributed by atoms with Gasteiger partial charge in [-0.3, -0.25) is 9.71 Å². The van der Waals surface area contributed by atoms with E-state index in [2.05, 4.69) is 14.7 Å². The third kappa shape index (κ3) is 3.88. The van der Waals surface area contributed by atoms with Crippen molar-refractivity contribution in [1.29, 1.82) is 0 Å². The van der Waals surface area contributed by atoms with E-state index in [1.807, 2.05) is 31.2 Å². The summed E-state index contributed by atoms with van der Waals surface area (Å²) in [5, 5.41) is 1.15. The quantitative estimate of drug-likeness (QED) is 0.492. The molecule has 1 aliphatic rings. The predicted molar refractivity (Wildman–Crippen MR) is 114 cm³/mol. The van der Waals surface area contributed by atoms with E-state index in [0.717, 1.165) is 16.5 Å². The number of fused-ring (bicyclic) bond motifs is 2. The molecular formula is C21H18ClN3O4S. The van der Waals surface area contributed by atoms with E-state index < -0.39 is 22.0 Å². The minimum atomic E-state index is -3.67. The standard InChI is InChI=1S/C21H18ClN3O4S/c1-12-7-8-14-10-15(19(22)24-17(14)9-12)11-29-21(26)13(2)23-20-16-5-3-4-6-18(16)30(27,28)25-20/h3-10,13H,11H2,1-2H3,(H,23,25)/t13-/m0/s1. The first-order chi connectivity index (χ1) is 14.2. The van der Waals surface area contributed by atoms with E-state index in [1.54, 1.807) is 18.2 Å². The van der Waals surface area contributed by atoms with E-state index in [0.29, 0.717) is 11.1 Å². The molecule has 0 fully saturated rings. The molecule has 0 saturated heterocycles. The zero-order valence-electron chi connectivity index (χ0n) is 16.2. The summed E-state index contributed by atoms with van der Waals surface area (Å²) in [6.45, 7) is 3.44. The van der Waals surface area contributed by atoms with Gasteiger partial charge in [-0.15, -0.1) is 0 Å². The number of aryl methyl sites for hydroxylation is 1. The van der Waals surface area contributed by atoms with Gasteiger partial charge in [0.1, 0.15) is 23.6 Å². The van der Waals surface area contributed by atoms with Crippen molar-refractivity contribution in [2.45, 2.75) is 31.4 Å². The SMILES string of the molecule is Cc1ccc2cc(COC(=O)[C@H](C)N=C3NS(=O)(=O)c4ccccc43)c(Cl)nc2c1. The fraction of sp³-hybridized carbons (Fsp3) is 0.190. The van der Waals surface area contributed by atoms with Crippen molar-refractivity contribution in [2.24, 2.45) is 4.99 Å². The topological polar surface area (TPSA) is 97.7 Å². The molecule has 1 N–H and O–H groups in total. The van der Waals surface area contributed by atoms with E-state index in [9.17, 15) is 13.2 Å². The lowest BCUT2D eigenvalue weighted by Crippen LogP contribution is -2.26. The minimum absolute atomic E-state index is 0.0635. The number of nitrogens with one attached hydrogen (secondary N) is 1. The summed E-state index contributed by atoms with van der Waals surface area (Å²) in [5.41, 5.74) is 2.84. The monoisotopic (exact) mass is 443 g/mol. The van der Waals surface area contributed by atoms with Crippen LogP contribution in [0.15, 0.2) is 58.4 Å². The molecule has 9 heteroatoms. The summed E-state index contributed by atoms with van der Waals surface area (Å²) in [5.74, 6) is -0.484. The van der Waals surface area contributed by atoms with Crippen molar-refractivity contribution < 1.29 is 17.9 Å². The zero-order valence-corrected chi connectivity index (χ0v) is 17.8. The number of benzene rings is 2. The van der Waals surface area contributed by atoms with Crippen LogP contribution in [0.5, 0.6) is 0 Å². The Bertz CT molecular complexity index is 1300. The molecule has 3 aromatic rings. The molecule has 2 heterocycles. The highest BCUT2D eigenvalue weighted by molar-refractivity contribution is 7.90. The molecule has 0 spiro atoms. The fourth-order valence-electron chi connectivity index (χ4n) is 3.14. The number of nitrogens with zero attached hydrogens (tertiary/aromatic N) is 2. The van der Waals surface area contributed by atoms with Gasteiger partial charge in [-0.05, 0) is 43.7 Å². The van der Waals surface area contributed by atoms with Crippen LogP contribution in [0.25, 0.3) is 10.9 Å². The van der Waals surface area contributed by atoms with Crippen LogP contribution < -0.4 is 4.72 Å². The molecule has 1 aromatic heterocycles. The van der Waals surface area contributed by atoms with Crippen LogP contribution >= 0.6 is 11.6 Å². The number of aromatic nitrogens is 1. The maximum Gasteiger partial charge on any atom is 0.330 e. The van der Waals surface area contributed by atoms with Gasteiger partial charge < -0.3 is 4.74 Å². The van der Waals surface area contributed by atoms with Crippen molar-refractivity contribution in [3.63, 3.8) is 0 Å². The largest absolute Gasteiger partial charge is 0.459 e. The molecule has 154 valence electrons. The van der Waals surface area contributed by atoms with Gasteiger partial charge in [0.2, 0.25) is 0 Å². The molecule has 0 amide bonds. The van der Waals surface area contributed by atoms with Crippen LogP contribution in [-0.2, 0) is 26.2 Å². The predicted octanol–water partition coefficient (Wildman–Crippen LogP) is 3.37. The number of sulfonamides is 1. The lowest BCUT2D eigenvalue weighted by Gasteiger charge is -2.11. The molecule has 1 atom stereocenters. The van der Waals surface area contributed by atoms with Crippen LogP contribution in [0.4, 0.5) is 0 Å². The van der Waals surface area contributed by atoms with Crippen molar-refractivity contribution >= 4 is 44.3 Å². The molecule has 7 nitrogen and oxygen atoms in total. The van der Waals surface area contributed by atoms with Crippen LogP contribution in [0.3, 0.4) is 0 Å². The number of hydrogen-bond donors (Lipinski definition) is 1. The summed E-state index contributed by atoms with van der Waals surface area (Å²) in [4.78, 5) is 21.1. The molecule has 4 rings (SSSR count). The number of amidine groups is 1. The van der Waals surface area contributed by atoms with Crippen LogP contribution in [-0.4, -0.2) is 31.2 Å².